The molecule has 21 heavy (non-hydrogen) atoms. The zero-order chi connectivity index (χ0) is 15.5. The number of esters is 1. The van der Waals surface area contributed by atoms with Crippen molar-refractivity contribution in [2.75, 3.05) is 26.5 Å². The van der Waals surface area contributed by atoms with E-state index in [0.717, 1.165) is 12.8 Å². The van der Waals surface area contributed by atoms with Crippen LogP contribution in [0.25, 0.3) is 0 Å². The smallest absolute Gasteiger partial charge is 0.305 e. The molecule has 0 saturated carbocycles. The Labute approximate surface area is 127 Å². The molecule has 2 unspecified atom stereocenters. The fourth-order valence-corrected chi connectivity index (χ4v) is 4.67. The van der Waals surface area contributed by atoms with E-state index in [0.29, 0.717) is 31.0 Å². The summed E-state index contributed by atoms with van der Waals surface area (Å²) in [5, 5.41) is 0. The summed E-state index contributed by atoms with van der Waals surface area (Å²) >= 11 is 0. The largest absolute Gasteiger partial charge is 0.469 e. The average Bonchev–Trinajstić information content (AvgIpc) is 2.67. The number of fused-ring (bicyclic) bond motifs is 2. The summed E-state index contributed by atoms with van der Waals surface area (Å²) in [5.74, 6) is 0.0628. The lowest BCUT2D eigenvalue weighted by molar-refractivity contribution is -0.140. The van der Waals surface area contributed by atoms with Gasteiger partial charge in [-0.2, -0.15) is 0 Å². The minimum atomic E-state index is -3.28. The molecule has 2 bridgehead atoms. The molecule has 1 N–H and O–H groups in total. The van der Waals surface area contributed by atoms with Gasteiger partial charge in [0.25, 0.3) is 0 Å². The quantitative estimate of drug-likeness (QED) is 0.701. The van der Waals surface area contributed by atoms with Gasteiger partial charge in [-0.1, -0.05) is 0 Å². The van der Waals surface area contributed by atoms with Gasteiger partial charge in [0.15, 0.2) is 0 Å². The Morgan fingerprint density at radius 3 is 2.48 bits per heavy atom. The monoisotopic (exact) mass is 318 g/mol. The molecule has 2 rings (SSSR count). The molecule has 0 spiro atoms. The average molecular weight is 318 g/mol. The number of hydrogen-bond acceptors (Lipinski definition) is 5. The van der Waals surface area contributed by atoms with E-state index in [-0.39, 0.29) is 18.1 Å². The lowest BCUT2D eigenvalue weighted by Gasteiger charge is -2.36. The van der Waals surface area contributed by atoms with Crippen molar-refractivity contribution in [3.05, 3.63) is 0 Å². The summed E-state index contributed by atoms with van der Waals surface area (Å²) in [6.07, 6.45) is 5.10. The van der Waals surface area contributed by atoms with Crippen molar-refractivity contribution in [3.63, 3.8) is 0 Å². The third kappa shape index (κ3) is 4.66. The van der Waals surface area contributed by atoms with Crippen LogP contribution in [0.1, 0.15) is 38.5 Å². The molecule has 6 nitrogen and oxygen atoms in total. The van der Waals surface area contributed by atoms with Crippen LogP contribution in [0.5, 0.6) is 0 Å². The number of methoxy groups -OCH3 is 1. The molecule has 0 amide bonds. The van der Waals surface area contributed by atoms with Gasteiger partial charge in [0.1, 0.15) is 0 Å². The van der Waals surface area contributed by atoms with E-state index in [9.17, 15) is 13.2 Å². The maximum Gasteiger partial charge on any atom is 0.305 e. The van der Waals surface area contributed by atoms with Crippen LogP contribution < -0.4 is 4.72 Å². The second kappa shape index (κ2) is 7.07. The SMILES string of the molecule is COC(=O)CCCS(=O)(=O)NCC1CC2CCC(C1)N2C. The topological polar surface area (TPSA) is 75.7 Å². The third-order valence-corrected chi connectivity index (χ3v) is 6.24. The van der Waals surface area contributed by atoms with Crippen molar-refractivity contribution in [3.8, 4) is 0 Å². The van der Waals surface area contributed by atoms with E-state index in [4.69, 9.17) is 0 Å². The van der Waals surface area contributed by atoms with E-state index < -0.39 is 10.0 Å². The Morgan fingerprint density at radius 1 is 1.29 bits per heavy atom. The van der Waals surface area contributed by atoms with Crippen LogP contribution in [0, 0.1) is 5.92 Å². The van der Waals surface area contributed by atoms with Crippen LogP contribution in [0.3, 0.4) is 0 Å². The Bertz CT molecular complexity index is 452. The highest BCUT2D eigenvalue weighted by Gasteiger charge is 2.38. The second-order valence-corrected chi connectivity index (χ2v) is 8.16. The van der Waals surface area contributed by atoms with E-state index >= 15 is 0 Å². The third-order valence-electron chi connectivity index (χ3n) is 4.81. The molecule has 2 aliphatic rings. The standard InChI is InChI=1S/C14H26N2O4S/c1-16-12-5-6-13(16)9-11(8-12)10-15-21(18,19)7-3-4-14(17)20-2/h11-13,15H,3-10H2,1-2H3. The first-order chi connectivity index (χ1) is 9.91. The zero-order valence-corrected chi connectivity index (χ0v) is 13.7. The number of piperidine rings is 1. The second-order valence-electron chi connectivity index (χ2n) is 6.23. The Hall–Kier alpha value is -0.660. The van der Waals surface area contributed by atoms with Crippen molar-refractivity contribution >= 4 is 16.0 Å². The molecule has 2 saturated heterocycles. The summed E-state index contributed by atoms with van der Waals surface area (Å²) in [5.41, 5.74) is 0. The summed E-state index contributed by atoms with van der Waals surface area (Å²) in [6, 6.07) is 1.25. The van der Waals surface area contributed by atoms with E-state index in [2.05, 4.69) is 21.4 Å². The van der Waals surface area contributed by atoms with Crippen LogP contribution in [0.15, 0.2) is 0 Å². The van der Waals surface area contributed by atoms with Crippen molar-refractivity contribution in [2.24, 2.45) is 5.92 Å². The molecule has 0 aromatic heterocycles. The van der Waals surface area contributed by atoms with Gasteiger partial charge in [0.2, 0.25) is 10.0 Å². The molecule has 2 aliphatic heterocycles. The summed E-state index contributed by atoms with van der Waals surface area (Å²) in [4.78, 5) is 13.4. The Morgan fingerprint density at radius 2 is 1.90 bits per heavy atom. The first kappa shape index (κ1) is 16.7. The molecule has 0 radical (unpaired) electrons. The van der Waals surface area contributed by atoms with Gasteiger partial charge in [-0.05, 0) is 45.1 Å². The maximum atomic E-state index is 11.9. The maximum absolute atomic E-state index is 11.9. The molecule has 0 aromatic carbocycles. The molecular weight excluding hydrogens is 292 g/mol. The number of ether oxygens (including phenoxy) is 1. The number of sulfonamides is 1. The summed E-state index contributed by atoms with van der Waals surface area (Å²) in [7, 11) is 0.201. The molecule has 7 heteroatoms. The highest BCUT2D eigenvalue weighted by molar-refractivity contribution is 7.89. The van der Waals surface area contributed by atoms with Crippen LogP contribution >= 0.6 is 0 Å². The molecule has 0 aromatic rings. The highest BCUT2D eigenvalue weighted by Crippen LogP contribution is 2.37. The molecule has 122 valence electrons. The number of carbonyl (C=O) groups is 1. The lowest BCUT2D eigenvalue weighted by Crippen LogP contribution is -2.43. The fourth-order valence-electron chi connectivity index (χ4n) is 3.52. The molecular formula is C14H26N2O4S. The lowest BCUT2D eigenvalue weighted by atomic mass is 9.91. The van der Waals surface area contributed by atoms with E-state index in [1.165, 1.54) is 20.0 Å². The number of hydrogen-bond donors (Lipinski definition) is 1. The normalized spacial score (nSPS) is 29.5. The molecule has 2 fully saturated rings. The van der Waals surface area contributed by atoms with Gasteiger partial charge >= 0.3 is 5.97 Å². The van der Waals surface area contributed by atoms with Gasteiger partial charge in [-0.3, -0.25) is 4.79 Å². The Balaban J connectivity index is 1.71. The Kier molecular flexibility index (Phi) is 5.62. The van der Waals surface area contributed by atoms with Gasteiger partial charge < -0.3 is 9.64 Å². The first-order valence-electron chi connectivity index (χ1n) is 7.67. The van der Waals surface area contributed by atoms with Crippen LogP contribution in [-0.4, -0.2) is 57.8 Å². The zero-order valence-electron chi connectivity index (χ0n) is 12.9. The fraction of sp³-hybridized carbons (Fsp3) is 0.929. The number of nitrogens with zero attached hydrogens (tertiary/aromatic N) is 1. The number of rotatable bonds is 7. The van der Waals surface area contributed by atoms with Gasteiger partial charge in [0, 0.05) is 25.0 Å². The van der Waals surface area contributed by atoms with Gasteiger partial charge in [-0.25, -0.2) is 13.1 Å². The first-order valence-corrected chi connectivity index (χ1v) is 9.32. The van der Waals surface area contributed by atoms with Crippen molar-refractivity contribution in [1.29, 1.82) is 0 Å². The van der Waals surface area contributed by atoms with Crippen molar-refractivity contribution < 1.29 is 17.9 Å². The number of carbonyl (C=O) groups excluding carboxylic acids is 1. The number of nitrogens with one attached hydrogen (secondary N) is 1. The van der Waals surface area contributed by atoms with E-state index in [1.54, 1.807) is 0 Å². The minimum absolute atomic E-state index is 0.0123. The van der Waals surface area contributed by atoms with Crippen LogP contribution in [0.2, 0.25) is 0 Å². The predicted octanol–water partition coefficient (Wildman–Crippen LogP) is 0.732. The molecule has 2 heterocycles. The molecule has 2 atom stereocenters. The van der Waals surface area contributed by atoms with Crippen molar-refractivity contribution in [1.82, 2.24) is 9.62 Å². The predicted molar refractivity (Wildman–Crippen MR) is 80.3 cm³/mol. The van der Waals surface area contributed by atoms with Crippen LogP contribution in [0.4, 0.5) is 0 Å². The summed E-state index contributed by atoms with van der Waals surface area (Å²) < 4.78 is 31.0. The highest BCUT2D eigenvalue weighted by atomic mass is 32.2. The van der Waals surface area contributed by atoms with Gasteiger partial charge in [-0.15, -0.1) is 0 Å². The van der Waals surface area contributed by atoms with Gasteiger partial charge in [0.05, 0.1) is 12.9 Å². The minimum Gasteiger partial charge on any atom is -0.469 e. The van der Waals surface area contributed by atoms with Crippen molar-refractivity contribution in [2.45, 2.75) is 50.6 Å². The van der Waals surface area contributed by atoms with Crippen LogP contribution in [-0.2, 0) is 19.6 Å². The molecule has 0 aliphatic carbocycles. The summed E-state index contributed by atoms with van der Waals surface area (Å²) in [6.45, 7) is 0.529. The van der Waals surface area contributed by atoms with E-state index in [1.807, 2.05) is 0 Å².